The molecule has 0 spiro atoms. The van der Waals surface area contributed by atoms with Crippen molar-refractivity contribution in [2.24, 2.45) is 17.3 Å². The van der Waals surface area contributed by atoms with Crippen molar-refractivity contribution in [1.29, 1.82) is 0 Å². The van der Waals surface area contributed by atoms with Crippen molar-refractivity contribution in [2.75, 3.05) is 7.11 Å². The maximum Gasteiger partial charge on any atom is 0.482 e. The Morgan fingerprint density at radius 2 is 2.02 bits per heavy atom. The predicted molar refractivity (Wildman–Crippen MR) is 149 cm³/mol. The van der Waals surface area contributed by atoms with Crippen molar-refractivity contribution < 1.29 is 32.8 Å². The maximum atomic E-state index is 13.1. The lowest BCUT2D eigenvalue weighted by molar-refractivity contribution is -0.199. The van der Waals surface area contributed by atoms with E-state index in [1.165, 1.54) is 25.8 Å². The first-order chi connectivity index (χ1) is 18.8. The molecule has 40 heavy (non-hydrogen) atoms. The van der Waals surface area contributed by atoms with Gasteiger partial charge in [-0.25, -0.2) is 9.78 Å². The van der Waals surface area contributed by atoms with Gasteiger partial charge in [-0.3, -0.25) is 4.79 Å². The summed E-state index contributed by atoms with van der Waals surface area (Å²) in [6.07, 6.45) is 8.07. The van der Waals surface area contributed by atoms with Crippen LogP contribution in [0.5, 0.6) is 5.75 Å². The number of para-hydroxylation sites is 1. The fourth-order valence-electron chi connectivity index (χ4n) is 6.70. The largest absolute Gasteiger partial charge is 0.496 e. The standard InChI is InChI=1S/C30H39BN2O7/c1-28(2,3)38-27(35)21-10-8-9-18(26(21)36-7)13-24(33-25(34)12-11-20-16-37-17-32-20)31-39-23-15-19-14-22(29(19,4)5)30(23,6)40-31/h8-12,16-17,19,22-24H,13-15H2,1-7H3,(H,33,34)/b12-11+. The van der Waals surface area contributed by atoms with Crippen LogP contribution in [0, 0.1) is 17.3 Å². The highest BCUT2D eigenvalue weighted by Gasteiger charge is 2.68. The van der Waals surface area contributed by atoms with Crippen molar-refractivity contribution in [2.45, 2.75) is 84.1 Å². The quantitative estimate of drug-likeness (QED) is 0.288. The molecule has 1 aromatic heterocycles. The highest BCUT2D eigenvalue weighted by molar-refractivity contribution is 6.48. The Kier molecular flexibility index (Phi) is 7.38. The number of amides is 1. The van der Waals surface area contributed by atoms with Gasteiger partial charge in [-0.15, -0.1) is 0 Å². The van der Waals surface area contributed by atoms with Gasteiger partial charge in [0, 0.05) is 6.08 Å². The number of carbonyl (C=O) groups is 2. The second-order valence-electron chi connectivity index (χ2n) is 12.9. The topological polar surface area (TPSA) is 109 Å². The van der Waals surface area contributed by atoms with Gasteiger partial charge in [0.2, 0.25) is 5.91 Å². The van der Waals surface area contributed by atoms with Crippen LogP contribution in [-0.2, 0) is 25.3 Å². The van der Waals surface area contributed by atoms with E-state index in [0.29, 0.717) is 35.3 Å². The minimum Gasteiger partial charge on any atom is -0.496 e. The zero-order valence-electron chi connectivity index (χ0n) is 24.4. The van der Waals surface area contributed by atoms with Gasteiger partial charge in [-0.2, -0.15) is 0 Å². The second-order valence-corrected chi connectivity index (χ2v) is 12.9. The van der Waals surface area contributed by atoms with Crippen LogP contribution in [0.4, 0.5) is 0 Å². The fraction of sp³-hybridized carbons (Fsp3) is 0.567. The second kappa shape index (κ2) is 10.4. The predicted octanol–water partition coefficient (Wildman–Crippen LogP) is 4.65. The normalized spacial score (nSPS) is 27.6. The molecule has 9 nitrogen and oxygen atoms in total. The molecule has 4 fully saturated rings. The number of nitrogens with one attached hydrogen (secondary N) is 1. The number of carbonyl (C=O) groups excluding carboxylic acids is 2. The summed E-state index contributed by atoms with van der Waals surface area (Å²) in [6.45, 7) is 12.2. The molecule has 214 valence electrons. The molecule has 1 aromatic carbocycles. The highest BCUT2D eigenvalue weighted by Crippen LogP contribution is 2.65. The summed E-state index contributed by atoms with van der Waals surface area (Å²) in [6, 6.07) is 5.34. The van der Waals surface area contributed by atoms with E-state index in [1.807, 2.05) is 26.8 Å². The zero-order valence-corrected chi connectivity index (χ0v) is 24.4. The van der Waals surface area contributed by atoms with Crippen LogP contribution in [0.2, 0.25) is 0 Å². The Bertz CT molecular complexity index is 1290. The molecule has 2 bridgehead atoms. The molecule has 2 heterocycles. The van der Waals surface area contributed by atoms with Crippen LogP contribution in [0.15, 0.2) is 41.3 Å². The molecule has 5 unspecified atom stereocenters. The number of ether oxygens (including phenoxy) is 2. The number of esters is 1. The number of hydrogen-bond acceptors (Lipinski definition) is 8. The molecule has 6 rings (SSSR count). The van der Waals surface area contributed by atoms with Crippen LogP contribution in [-0.4, -0.2) is 54.3 Å². The summed E-state index contributed by atoms with van der Waals surface area (Å²) < 4.78 is 29.6. The number of hydrogen-bond donors (Lipinski definition) is 1. The number of rotatable bonds is 8. The SMILES string of the molecule is COc1c(CC(NC(=O)/C=C/c2cocn2)B2OC3CC4CC(C4(C)C)C3(C)O2)cccc1C(=O)OC(C)(C)C. The maximum absolute atomic E-state index is 13.1. The van der Waals surface area contributed by atoms with Crippen molar-refractivity contribution in [1.82, 2.24) is 10.3 Å². The molecule has 4 aliphatic rings. The lowest BCUT2D eigenvalue weighted by atomic mass is 9.43. The average Bonchev–Trinajstić information content (AvgIpc) is 3.52. The van der Waals surface area contributed by atoms with Crippen molar-refractivity contribution in [3.63, 3.8) is 0 Å². The van der Waals surface area contributed by atoms with E-state index in [2.05, 4.69) is 31.1 Å². The van der Waals surface area contributed by atoms with Crippen LogP contribution >= 0.6 is 0 Å². The molecule has 3 saturated carbocycles. The number of oxazole rings is 1. The molecular formula is C30H39BN2O7. The van der Waals surface area contributed by atoms with E-state index in [9.17, 15) is 9.59 Å². The van der Waals surface area contributed by atoms with Crippen LogP contribution in [0.25, 0.3) is 6.08 Å². The molecule has 1 aliphatic heterocycles. The first kappa shape index (κ1) is 28.4. The van der Waals surface area contributed by atoms with E-state index in [1.54, 1.807) is 18.2 Å². The first-order valence-corrected chi connectivity index (χ1v) is 13.9. The van der Waals surface area contributed by atoms with E-state index < -0.39 is 30.2 Å². The number of benzene rings is 1. The minimum atomic E-state index is -0.676. The molecule has 1 amide bonds. The van der Waals surface area contributed by atoms with Gasteiger partial charge in [0.1, 0.15) is 28.9 Å². The van der Waals surface area contributed by atoms with Crippen molar-refractivity contribution in [3.05, 3.63) is 53.8 Å². The van der Waals surface area contributed by atoms with Gasteiger partial charge in [-0.1, -0.05) is 26.0 Å². The molecule has 5 atom stereocenters. The highest BCUT2D eigenvalue weighted by atomic mass is 16.7. The van der Waals surface area contributed by atoms with Crippen LogP contribution < -0.4 is 10.1 Å². The Labute approximate surface area is 236 Å². The summed E-state index contributed by atoms with van der Waals surface area (Å²) in [4.78, 5) is 30.1. The zero-order chi connectivity index (χ0) is 28.9. The summed E-state index contributed by atoms with van der Waals surface area (Å²) in [5, 5.41) is 3.08. The summed E-state index contributed by atoms with van der Waals surface area (Å²) in [5.41, 5.74) is 0.679. The van der Waals surface area contributed by atoms with E-state index in [4.69, 9.17) is 23.2 Å². The average molecular weight is 550 g/mol. The van der Waals surface area contributed by atoms with Crippen LogP contribution in [0.1, 0.15) is 76.0 Å². The molecular weight excluding hydrogens is 511 g/mol. The Hall–Kier alpha value is -3.11. The Morgan fingerprint density at radius 1 is 1.25 bits per heavy atom. The lowest BCUT2D eigenvalue weighted by Gasteiger charge is -2.64. The number of methoxy groups -OCH3 is 1. The van der Waals surface area contributed by atoms with Crippen molar-refractivity contribution in [3.8, 4) is 5.75 Å². The number of nitrogens with zero attached hydrogens (tertiary/aromatic N) is 1. The number of aromatic nitrogens is 1. The third kappa shape index (κ3) is 5.31. The molecule has 2 aromatic rings. The Balaban J connectivity index is 1.42. The van der Waals surface area contributed by atoms with Crippen molar-refractivity contribution >= 4 is 25.1 Å². The van der Waals surface area contributed by atoms with Gasteiger partial charge >= 0.3 is 13.1 Å². The summed E-state index contributed by atoms with van der Waals surface area (Å²) >= 11 is 0. The van der Waals surface area contributed by atoms with Gasteiger partial charge in [0.05, 0.1) is 24.8 Å². The molecule has 3 aliphatic carbocycles. The first-order valence-electron chi connectivity index (χ1n) is 13.9. The van der Waals surface area contributed by atoms with Gasteiger partial charge < -0.3 is 28.5 Å². The minimum absolute atomic E-state index is 0.0469. The molecule has 1 saturated heterocycles. The molecule has 10 heteroatoms. The van der Waals surface area contributed by atoms with Gasteiger partial charge in [0.15, 0.2) is 6.39 Å². The van der Waals surface area contributed by atoms with Crippen LogP contribution in [0.3, 0.4) is 0 Å². The molecule has 1 N–H and O–H groups in total. The monoisotopic (exact) mass is 550 g/mol. The lowest BCUT2D eigenvalue weighted by Crippen LogP contribution is -2.65. The molecule has 0 radical (unpaired) electrons. The Morgan fingerprint density at radius 3 is 2.67 bits per heavy atom. The third-order valence-electron chi connectivity index (χ3n) is 8.84. The summed E-state index contributed by atoms with van der Waals surface area (Å²) in [5.74, 6) is 0.0200. The fourth-order valence-corrected chi connectivity index (χ4v) is 6.70. The van der Waals surface area contributed by atoms with E-state index in [0.717, 1.165) is 18.4 Å². The van der Waals surface area contributed by atoms with Gasteiger partial charge in [-0.05, 0) is 81.9 Å². The van der Waals surface area contributed by atoms with E-state index >= 15 is 0 Å². The van der Waals surface area contributed by atoms with Gasteiger partial charge in [0.25, 0.3) is 0 Å². The third-order valence-corrected chi connectivity index (χ3v) is 8.84. The summed E-state index contributed by atoms with van der Waals surface area (Å²) in [7, 11) is 0.846. The smallest absolute Gasteiger partial charge is 0.482 e. The van der Waals surface area contributed by atoms with E-state index in [-0.39, 0.29) is 17.4 Å².